The summed E-state index contributed by atoms with van der Waals surface area (Å²) >= 11 is 0. The van der Waals surface area contributed by atoms with Gasteiger partial charge < -0.3 is 15.7 Å². The molecule has 0 spiro atoms. The average Bonchev–Trinajstić information content (AvgIpc) is 3.00. The van der Waals surface area contributed by atoms with Crippen molar-refractivity contribution in [1.82, 2.24) is 9.55 Å². The average molecular weight is 418 g/mol. The van der Waals surface area contributed by atoms with E-state index in [1.807, 2.05) is 6.92 Å². The molecule has 3 N–H and O–H groups in total. The smallest absolute Gasteiger partial charge is 0.341 e. The van der Waals surface area contributed by atoms with Crippen molar-refractivity contribution in [1.29, 1.82) is 0 Å². The first kappa shape index (κ1) is 19.9. The van der Waals surface area contributed by atoms with Gasteiger partial charge in [-0.1, -0.05) is 0 Å². The Hall–Kier alpha value is -3.40. The van der Waals surface area contributed by atoms with Crippen LogP contribution < -0.4 is 16.1 Å². The highest BCUT2D eigenvalue weighted by Crippen LogP contribution is 2.29. The molecule has 2 atom stereocenters. The molecule has 3 aromatic rings. The quantitative estimate of drug-likeness (QED) is 0.678. The number of halogens is 3. The van der Waals surface area contributed by atoms with E-state index < -0.39 is 34.4 Å². The third-order valence-corrected chi connectivity index (χ3v) is 5.19. The van der Waals surface area contributed by atoms with Crippen LogP contribution in [0.15, 0.2) is 35.3 Å². The summed E-state index contributed by atoms with van der Waals surface area (Å²) in [6, 6.07) is 3.25. The van der Waals surface area contributed by atoms with Gasteiger partial charge in [0, 0.05) is 30.9 Å². The molecule has 30 heavy (non-hydrogen) atoms. The summed E-state index contributed by atoms with van der Waals surface area (Å²) in [7, 11) is 0. The van der Waals surface area contributed by atoms with Crippen molar-refractivity contribution < 1.29 is 23.1 Å². The second-order valence-electron chi connectivity index (χ2n) is 7.30. The SMILES string of the molecule is C[C@@H]1C[C@@H](N)CN1c1nc2c(cc1F)c(=O)c(C(=O)O)cn2-c1ccc(F)cc1F. The summed E-state index contributed by atoms with van der Waals surface area (Å²) in [5.74, 6) is -4.31. The van der Waals surface area contributed by atoms with Gasteiger partial charge >= 0.3 is 5.97 Å². The minimum absolute atomic E-state index is 0.0818. The lowest BCUT2D eigenvalue weighted by Crippen LogP contribution is -2.31. The maximum absolute atomic E-state index is 14.9. The van der Waals surface area contributed by atoms with E-state index in [4.69, 9.17) is 5.73 Å². The maximum atomic E-state index is 14.9. The standard InChI is InChI=1S/C20H17F3N4O3/c1-9-4-11(24)7-26(9)19-15(23)6-12-17(28)13(20(29)30)8-27(18(12)25-19)16-3-2-10(21)5-14(16)22/h2-3,5-6,8-9,11H,4,7,24H2,1H3,(H,29,30)/t9-,11-/m1/s1. The van der Waals surface area contributed by atoms with Crippen molar-refractivity contribution in [3.8, 4) is 5.69 Å². The molecule has 1 aliphatic heterocycles. The first-order valence-corrected chi connectivity index (χ1v) is 9.14. The van der Waals surface area contributed by atoms with Crippen molar-refractivity contribution in [3.63, 3.8) is 0 Å². The molecule has 0 bridgehead atoms. The van der Waals surface area contributed by atoms with Gasteiger partial charge in [-0.25, -0.2) is 22.9 Å². The van der Waals surface area contributed by atoms with E-state index in [0.29, 0.717) is 19.0 Å². The van der Waals surface area contributed by atoms with Crippen LogP contribution in [0.5, 0.6) is 0 Å². The maximum Gasteiger partial charge on any atom is 0.341 e. The van der Waals surface area contributed by atoms with Gasteiger partial charge in [-0.15, -0.1) is 0 Å². The fraction of sp³-hybridized carbons (Fsp3) is 0.250. The number of hydrogen-bond acceptors (Lipinski definition) is 5. The number of anilines is 1. The Balaban J connectivity index is 2.06. The molecule has 2 aromatic heterocycles. The molecule has 1 aliphatic rings. The van der Waals surface area contributed by atoms with Crippen LogP contribution in [0.3, 0.4) is 0 Å². The van der Waals surface area contributed by atoms with Crippen molar-refractivity contribution in [2.45, 2.75) is 25.4 Å². The molecule has 0 radical (unpaired) electrons. The Morgan fingerprint density at radius 2 is 1.97 bits per heavy atom. The zero-order valence-corrected chi connectivity index (χ0v) is 15.8. The third kappa shape index (κ3) is 3.18. The topological polar surface area (TPSA) is 101 Å². The van der Waals surface area contributed by atoms with Gasteiger partial charge in [0.25, 0.3) is 0 Å². The Labute approximate surface area is 168 Å². The lowest BCUT2D eigenvalue weighted by atomic mass is 10.1. The van der Waals surface area contributed by atoms with Crippen LogP contribution in [0, 0.1) is 17.5 Å². The number of nitrogens with two attached hydrogens (primary N) is 1. The number of aromatic carboxylic acids is 1. The molecule has 1 fully saturated rings. The fourth-order valence-corrected chi connectivity index (χ4v) is 3.80. The van der Waals surface area contributed by atoms with Gasteiger partial charge in [-0.2, -0.15) is 0 Å². The summed E-state index contributed by atoms with van der Waals surface area (Å²) in [5, 5.41) is 9.03. The van der Waals surface area contributed by atoms with Crippen molar-refractivity contribution in [3.05, 3.63) is 63.7 Å². The van der Waals surface area contributed by atoms with Crippen LogP contribution in [0.1, 0.15) is 23.7 Å². The van der Waals surface area contributed by atoms with E-state index >= 15 is 0 Å². The lowest BCUT2D eigenvalue weighted by Gasteiger charge is -2.24. The van der Waals surface area contributed by atoms with Crippen LogP contribution in [-0.2, 0) is 0 Å². The molecule has 1 saturated heterocycles. The number of carboxylic acid groups (broad SMARTS) is 1. The van der Waals surface area contributed by atoms with Gasteiger partial charge in [0.15, 0.2) is 17.3 Å². The van der Waals surface area contributed by atoms with E-state index in [1.165, 1.54) is 0 Å². The molecule has 10 heteroatoms. The van der Waals surface area contributed by atoms with E-state index in [1.54, 1.807) is 4.90 Å². The molecule has 156 valence electrons. The second-order valence-corrected chi connectivity index (χ2v) is 7.30. The predicted octanol–water partition coefficient (Wildman–Crippen LogP) is 2.43. The highest BCUT2D eigenvalue weighted by Gasteiger charge is 2.30. The molecule has 3 heterocycles. The fourth-order valence-electron chi connectivity index (χ4n) is 3.80. The first-order valence-electron chi connectivity index (χ1n) is 9.14. The molecule has 0 unspecified atom stereocenters. The molecular weight excluding hydrogens is 401 g/mol. The zero-order valence-electron chi connectivity index (χ0n) is 15.8. The molecule has 1 aromatic carbocycles. The largest absolute Gasteiger partial charge is 0.477 e. The number of rotatable bonds is 3. The Morgan fingerprint density at radius 1 is 1.23 bits per heavy atom. The predicted molar refractivity (Wildman–Crippen MR) is 104 cm³/mol. The highest BCUT2D eigenvalue weighted by atomic mass is 19.1. The Morgan fingerprint density at radius 3 is 2.57 bits per heavy atom. The normalized spacial score (nSPS) is 18.9. The van der Waals surface area contributed by atoms with Gasteiger partial charge in [-0.3, -0.25) is 9.36 Å². The summed E-state index contributed by atoms with van der Waals surface area (Å²) in [6.07, 6.45) is 1.51. The van der Waals surface area contributed by atoms with Crippen molar-refractivity contribution >= 4 is 22.8 Å². The van der Waals surface area contributed by atoms with Gasteiger partial charge in [0.05, 0.1) is 11.1 Å². The zero-order chi connectivity index (χ0) is 21.7. The molecule has 4 rings (SSSR count). The summed E-state index contributed by atoms with van der Waals surface area (Å²) in [6.45, 7) is 2.18. The summed E-state index contributed by atoms with van der Waals surface area (Å²) in [4.78, 5) is 30.0. The van der Waals surface area contributed by atoms with E-state index in [0.717, 1.165) is 29.0 Å². The van der Waals surface area contributed by atoms with Crippen LogP contribution in [0.2, 0.25) is 0 Å². The molecule has 0 aliphatic carbocycles. The minimum Gasteiger partial charge on any atom is -0.477 e. The van der Waals surface area contributed by atoms with Crippen molar-refractivity contribution in [2.75, 3.05) is 11.4 Å². The number of hydrogen-bond donors (Lipinski definition) is 2. The number of aromatic nitrogens is 2. The van der Waals surface area contributed by atoms with Crippen LogP contribution in [0.4, 0.5) is 19.0 Å². The van der Waals surface area contributed by atoms with Crippen LogP contribution >= 0.6 is 0 Å². The molecule has 0 amide bonds. The number of pyridine rings is 2. The van der Waals surface area contributed by atoms with Gasteiger partial charge in [0.1, 0.15) is 17.2 Å². The minimum atomic E-state index is -1.57. The van der Waals surface area contributed by atoms with E-state index in [9.17, 15) is 27.9 Å². The van der Waals surface area contributed by atoms with E-state index in [-0.39, 0.29) is 34.6 Å². The first-order chi connectivity index (χ1) is 14.2. The monoisotopic (exact) mass is 418 g/mol. The highest BCUT2D eigenvalue weighted by molar-refractivity contribution is 5.92. The summed E-state index contributed by atoms with van der Waals surface area (Å²) in [5.41, 5.74) is 3.91. The number of fused-ring (bicyclic) bond motifs is 1. The molecule has 7 nitrogen and oxygen atoms in total. The second kappa shape index (κ2) is 7.13. The number of nitrogens with zero attached hydrogens (tertiary/aromatic N) is 3. The van der Waals surface area contributed by atoms with Gasteiger partial charge in [0.2, 0.25) is 5.43 Å². The third-order valence-electron chi connectivity index (χ3n) is 5.19. The number of carbonyl (C=O) groups is 1. The van der Waals surface area contributed by atoms with Crippen LogP contribution in [-0.4, -0.2) is 39.3 Å². The van der Waals surface area contributed by atoms with Crippen LogP contribution in [0.25, 0.3) is 16.7 Å². The molecular formula is C20H17F3N4O3. The van der Waals surface area contributed by atoms with E-state index in [2.05, 4.69) is 4.98 Å². The number of benzene rings is 1. The molecule has 0 saturated carbocycles. The number of carboxylic acids is 1. The lowest BCUT2D eigenvalue weighted by molar-refractivity contribution is 0.0695. The Kier molecular flexibility index (Phi) is 4.73. The Bertz CT molecular complexity index is 1240. The summed E-state index contributed by atoms with van der Waals surface area (Å²) < 4.78 is 43.7. The van der Waals surface area contributed by atoms with Crippen molar-refractivity contribution in [2.24, 2.45) is 5.73 Å². The van der Waals surface area contributed by atoms with Gasteiger partial charge in [-0.05, 0) is 31.5 Å².